The van der Waals surface area contributed by atoms with Crippen LogP contribution in [-0.2, 0) is 4.79 Å². The number of methoxy groups -OCH3 is 1. The number of benzene rings is 3. The van der Waals surface area contributed by atoms with Gasteiger partial charge in [-0.15, -0.1) is 0 Å². The molecule has 0 atom stereocenters. The van der Waals surface area contributed by atoms with Gasteiger partial charge in [-0.2, -0.15) is 0 Å². The number of amides is 2. The average Bonchev–Trinajstić information content (AvgIpc) is 2.79. The third-order valence-corrected chi connectivity index (χ3v) is 4.31. The molecular weight excluding hydrogens is 398 g/mol. The molecule has 0 aliphatic heterocycles. The van der Waals surface area contributed by atoms with Crippen molar-refractivity contribution >= 4 is 35.0 Å². The normalized spacial score (nSPS) is 10.5. The fraction of sp³-hybridized carbons (Fsp3) is 0.0435. The third-order valence-electron chi connectivity index (χ3n) is 4.31. The number of hydrogen-bond acceptors (Lipinski definition) is 5. The molecule has 8 heteroatoms. The van der Waals surface area contributed by atoms with Crippen molar-refractivity contribution in [1.82, 2.24) is 0 Å². The lowest BCUT2D eigenvalue weighted by Gasteiger charge is -2.11. The fourth-order valence-corrected chi connectivity index (χ4v) is 2.72. The minimum atomic E-state index is -0.492. The molecule has 156 valence electrons. The summed E-state index contributed by atoms with van der Waals surface area (Å²) in [7, 11) is 1.56. The molecule has 2 N–H and O–H groups in total. The molecule has 0 aromatic heterocycles. The van der Waals surface area contributed by atoms with Crippen molar-refractivity contribution in [3.63, 3.8) is 0 Å². The Balaban J connectivity index is 1.68. The second-order valence-electron chi connectivity index (χ2n) is 6.40. The number of nitro groups is 1. The summed E-state index contributed by atoms with van der Waals surface area (Å²) in [5, 5.41) is 16.2. The summed E-state index contributed by atoms with van der Waals surface area (Å²) >= 11 is 0. The van der Waals surface area contributed by atoms with Crippen LogP contribution in [0.25, 0.3) is 6.08 Å². The number of ether oxygens (including phenoxy) is 1. The molecule has 0 bridgehead atoms. The molecule has 0 spiro atoms. The monoisotopic (exact) mass is 417 g/mol. The largest absolute Gasteiger partial charge is 0.497 e. The van der Waals surface area contributed by atoms with E-state index in [1.165, 1.54) is 36.4 Å². The fourth-order valence-electron chi connectivity index (χ4n) is 2.72. The summed E-state index contributed by atoms with van der Waals surface area (Å²) in [6.07, 6.45) is 2.82. The average molecular weight is 417 g/mol. The SMILES string of the molecule is COc1ccc(NC(=O)c2ccccc2NC(=O)/C=C/c2ccc([N+](=O)[O-])cc2)cc1. The Morgan fingerprint density at radius 1 is 0.935 bits per heavy atom. The van der Waals surface area contributed by atoms with Crippen molar-refractivity contribution in [2.24, 2.45) is 0 Å². The highest BCUT2D eigenvalue weighted by atomic mass is 16.6. The van der Waals surface area contributed by atoms with Crippen LogP contribution in [0.15, 0.2) is 78.9 Å². The van der Waals surface area contributed by atoms with E-state index in [9.17, 15) is 19.7 Å². The van der Waals surface area contributed by atoms with Crippen molar-refractivity contribution in [1.29, 1.82) is 0 Å². The minimum absolute atomic E-state index is 0.0293. The van der Waals surface area contributed by atoms with Crippen LogP contribution in [0.5, 0.6) is 5.75 Å². The summed E-state index contributed by atoms with van der Waals surface area (Å²) in [5.41, 5.74) is 1.84. The molecular formula is C23H19N3O5. The van der Waals surface area contributed by atoms with Crippen molar-refractivity contribution in [3.05, 3.63) is 100 Å². The highest BCUT2D eigenvalue weighted by Gasteiger charge is 2.12. The highest BCUT2D eigenvalue weighted by Crippen LogP contribution is 2.20. The van der Waals surface area contributed by atoms with Gasteiger partial charge >= 0.3 is 0 Å². The summed E-state index contributed by atoms with van der Waals surface area (Å²) < 4.78 is 5.10. The number of carbonyl (C=O) groups is 2. The Morgan fingerprint density at radius 2 is 1.61 bits per heavy atom. The number of rotatable bonds is 7. The summed E-state index contributed by atoms with van der Waals surface area (Å²) in [4.78, 5) is 35.2. The minimum Gasteiger partial charge on any atom is -0.497 e. The molecule has 0 unspecified atom stereocenters. The predicted octanol–water partition coefficient (Wildman–Crippen LogP) is 4.51. The Morgan fingerprint density at radius 3 is 2.26 bits per heavy atom. The number of nitrogens with zero attached hydrogens (tertiary/aromatic N) is 1. The van der Waals surface area contributed by atoms with Crippen molar-refractivity contribution < 1.29 is 19.2 Å². The number of nitro benzene ring substituents is 1. The maximum Gasteiger partial charge on any atom is 0.269 e. The summed E-state index contributed by atoms with van der Waals surface area (Å²) in [5.74, 6) is -0.145. The van der Waals surface area contributed by atoms with E-state index in [1.54, 1.807) is 55.6 Å². The van der Waals surface area contributed by atoms with Gasteiger partial charge in [0.25, 0.3) is 11.6 Å². The molecule has 0 radical (unpaired) electrons. The molecule has 0 saturated heterocycles. The number of non-ortho nitro benzene ring substituents is 1. The van der Waals surface area contributed by atoms with Gasteiger partial charge in [0.05, 0.1) is 23.3 Å². The molecule has 3 aromatic carbocycles. The number of carbonyl (C=O) groups excluding carboxylic acids is 2. The van der Waals surface area contributed by atoms with Crippen LogP contribution in [0.3, 0.4) is 0 Å². The van der Waals surface area contributed by atoms with E-state index in [2.05, 4.69) is 10.6 Å². The first-order valence-electron chi connectivity index (χ1n) is 9.24. The zero-order valence-corrected chi connectivity index (χ0v) is 16.6. The quantitative estimate of drug-likeness (QED) is 0.334. The van der Waals surface area contributed by atoms with E-state index in [4.69, 9.17) is 4.74 Å². The molecule has 0 fully saturated rings. The predicted molar refractivity (Wildman–Crippen MR) is 118 cm³/mol. The molecule has 0 heterocycles. The molecule has 8 nitrogen and oxygen atoms in total. The summed E-state index contributed by atoms with van der Waals surface area (Å²) in [6, 6.07) is 19.3. The van der Waals surface area contributed by atoms with Crippen LogP contribution in [0, 0.1) is 10.1 Å². The van der Waals surface area contributed by atoms with Crippen LogP contribution in [0.2, 0.25) is 0 Å². The maximum atomic E-state index is 12.7. The number of anilines is 2. The maximum absolute atomic E-state index is 12.7. The highest BCUT2D eigenvalue weighted by molar-refractivity contribution is 6.11. The van der Waals surface area contributed by atoms with Crippen molar-refractivity contribution in [2.75, 3.05) is 17.7 Å². The Hall–Kier alpha value is -4.46. The zero-order valence-electron chi connectivity index (χ0n) is 16.6. The van der Waals surface area contributed by atoms with Gasteiger partial charge in [0.2, 0.25) is 5.91 Å². The van der Waals surface area contributed by atoms with Gasteiger partial charge in [0.1, 0.15) is 5.75 Å². The van der Waals surface area contributed by atoms with Crippen LogP contribution >= 0.6 is 0 Å². The van der Waals surface area contributed by atoms with Gasteiger partial charge < -0.3 is 15.4 Å². The van der Waals surface area contributed by atoms with Gasteiger partial charge in [0, 0.05) is 23.9 Å². The van der Waals surface area contributed by atoms with Gasteiger partial charge in [0.15, 0.2) is 0 Å². The first-order chi connectivity index (χ1) is 15.0. The molecule has 0 aliphatic carbocycles. The first kappa shape index (κ1) is 21.3. The van der Waals surface area contributed by atoms with Gasteiger partial charge in [-0.05, 0) is 60.2 Å². The third kappa shape index (κ3) is 5.77. The molecule has 0 saturated carbocycles. The second-order valence-corrected chi connectivity index (χ2v) is 6.40. The zero-order chi connectivity index (χ0) is 22.2. The Labute approximate surface area is 178 Å². The van der Waals surface area contributed by atoms with E-state index in [0.717, 1.165) is 0 Å². The van der Waals surface area contributed by atoms with Gasteiger partial charge in [-0.25, -0.2) is 0 Å². The number of para-hydroxylation sites is 1. The Kier molecular flexibility index (Phi) is 6.74. The van der Waals surface area contributed by atoms with Gasteiger partial charge in [-0.1, -0.05) is 12.1 Å². The van der Waals surface area contributed by atoms with E-state index < -0.39 is 10.8 Å². The van der Waals surface area contributed by atoms with E-state index in [1.807, 2.05) is 0 Å². The van der Waals surface area contributed by atoms with Crippen LogP contribution in [0.4, 0.5) is 17.1 Å². The number of nitrogens with one attached hydrogen (secondary N) is 2. The second kappa shape index (κ2) is 9.84. The summed E-state index contributed by atoms with van der Waals surface area (Å²) in [6.45, 7) is 0. The molecule has 3 aromatic rings. The standard InChI is InChI=1S/C23H19N3O5/c1-31-19-13-9-17(10-14-19)24-23(28)20-4-2-3-5-21(20)25-22(27)15-8-16-6-11-18(12-7-16)26(29)30/h2-15H,1H3,(H,24,28)(H,25,27)/b15-8+. The van der Waals surface area contributed by atoms with Gasteiger partial charge in [-0.3, -0.25) is 19.7 Å². The topological polar surface area (TPSA) is 111 Å². The van der Waals surface area contributed by atoms with Crippen molar-refractivity contribution in [3.8, 4) is 5.75 Å². The van der Waals surface area contributed by atoms with Crippen molar-refractivity contribution in [2.45, 2.75) is 0 Å². The van der Waals surface area contributed by atoms with Crippen LogP contribution < -0.4 is 15.4 Å². The molecule has 0 aliphatic rings. The van der Waals surface area contributed by atoms with E-state index in [0.29, 0.717) is 28.3 Å². The smallest absolute Gasteiger partial charge is 0.269 e. The lowest BCUT2D eigenvalue weighted by molar-refractivity contribution is -0.384. The van der Waals surface area contributed by atoms with Crippen LogP contribution in [-0.4, -0.2) is 23.8 Å². The number of hydrogen-bond donors (Lipinski definition) is 2. The first-order valence-corrected chi connectivity index (χ1v) is 9.24. The molecule has 2 amide bonds. The van der Waals surface area contributed by atoms with Crippen LogP contribution in [0.1, 0.15) is 15.9 Å². The lowest BCUT2D eigenvalue weighted by Crippen LogP contribution is -2.17. The molecule has 3 rings (SSSR count). The Bertz CT molecular complexity index is 1120. The molecule has 31 heavy (non-hydrogen) atoms. The lowest BCUT2D eigenvalue weighted by atomic mass is 10.1. The van der Waals surface area contributed by atoms with E-state index >= 15 is 0 Å². The van der Waals surface area contributed by atoms with E-state index in [-0.39, 0.29) is 11.6 Å².